The zero-order chi connectivity index (χ0) is 27.3. The van der Waals surface area contributed by atoms with Gasteiger partial charge in [-0.3, -0.25) is 14.4 Å². The van der Waals surface area contributed by atoms with Crippen LogP contribution in [0, 0.1) is 5.92 Å². The minimum Gasteiger partial charge on any atom is -0.497 e. The van der Waals surface area contributed by atoms with Crippen molar-refractivity contribution in [2.75, 3.05) is 20.2 Å². The van der Waals surface area contributed by atoms with E-state index in [0.717, 1.165) is 38.5 Å². The van der Waals surface area contributed by atoms with E-state index >= 15 is 0 Å². The summed E-state index contributed by atoms with van der Waals surface area (Å²) in [4.78, 5) is 41.2. The first kappa shape index (κ1) is 27.7. The van der Waals surface area contributed by atoms with E-state index in [4.69, 9.17) is 4.74 Å². The van der Waals surface area contributed by atoms with Gasteiger partial charge in [-0.1, -0.05) is 45.7 Å². The van der Waals surface area contributed by atoms with Gasteiger partial charge >= 0.3 is 0 Å². The first-order chi connectivity index (χ1) is 18.2. The summed E-state index contributed by atoms with van der Waals surface area (Å²) in [7, 11) is 1.59. The fourth-order valence-corrected chi connectivity index (χ4v) is 5.44. The van der Waals surface area contributed by atoms with Crippen molar-refractivity contribution in [3.63, 3.8) is 0 Å². The molecular formula is C31H41N3O4. The van der Waals surface area contributed by atoms with Gasteiger partial charge < -0.3 is 20.3 Å². The fraction of sp³-hybridized carbons (Fsp3) is 0.516. The normalized spacial score (nSPS) is 21.9. The molecule has 1 aliphatic heterocycles. The van der Waals surface area contributed by atoms with Gasteiger partial charge in [-0.05, 0) is 73.1 Å². The summed E-state index contributed by atoms with van der Waals surface area (Å²) in [6.45, 7) is 7.53. The molecule has 0 spiro atoms. The number of nitrogens with zero attached hydrogens (tertiary/aromatic N) is 1. The number of hydrogen-bond donors (Lipinski definition) is 2. The van der Waals surface area contributed by atoms with Crippen LogP contribution >= 0.6 is 0 Å². The molecule has 2 N–H and O–H groups in total. The van der Waals surface area contributed by atoms with Gasteiger partial charge in [0.25, 0.3) is 11.8 Å². The van der Waals surface area contributed by atoms with Gasteiger partial charge in [0.2, 0.25) is 5.91 Å². The molecule has 3 atom stereocenters. The Morgan fingerprint density at radius 2 is 1.42 bits per heavy atom. The number of carbonyl (C=O) groups excluding carboxylic acids is 3. The summed E-state index contributed by atoms with van der Waals surface area (Å²) in [5, 5.41) is 6.36. The molecule has 2 fully saturated rings. The maximum absolute atomic E-state index is 13.3. The van der Waals surface area contributed by atoms with Gasteiger partial charge in [-0.15, -0.1) is 0 Å². The van der Waals surface area contributed by atoms with E-state index in [2.05, 4.69) is 31.4 Å². The van der Waals surface area contributed by atoms with E-state index in [-0.39, 0.29) is 41.1 Å². The first-order valence-electron chi connectivity index (χ1n) is 13.8. The summed E-state index contributed by atoms with van der Waals surface area (Å²) in [6.07, 6.45) is 5.24. The van der Waals surface area contributed by atoms with Crippen LogP contribution in [-0.4, -0.2) is 54.9 Å². The molecule has 1 aliphatic carbocycles. The van der Waals surface area contributed by atoms with Crippen molar-refractivity contribution in [1.82, 2.24) is 15.5 Å². The summed E-state index contributed by atoms with van der Waals surface area (Å²) in [5.74, 6) is 0.254. The van der Waals surface area contributed by atoms with Crippen LogP contribution in [0.4, 0.5) is 0 Å². The van der Waals surface area contributed by atoms with Crippen LogP contribution in [-0.2, 0) is 10.2 Å². The topological polar surface area (TPSA) is 87.7 Å². The van der Waals surface area contributed by atoms with Crippen LogP contribution in [0.15, 0.2) is 48.5 Å². The second-order valence-electron chi connectivity index (χ2n) is 11.6. The molecule has 0 radical (unpaired) electrons. The molecule has 0 bridgehead atoms. The summed E-state index contributed by atoms with van der Waals surface area (Å²) >= 11 is 0. The van der Waals surface area contributed by atoms with Crippen molar-refractivity contribution < 1.29 is 19.1 Å². The monoisotopic (exact) mass is 519 g/mol. The Bertz CT molecular complexity index is 1120. The number of likely N-dealkylation sites (tertiary alicyclic amines) is 1. The number of piperidine rings is 1. The van der Waals surface area contributed by atoms with Crippen LogP contribution in [0.3, 0.4) is 0 Å². The molecule has 0 aromatic heterocycles. The first-order valence-corrected chi connectivity index (χ1v) is 13.8. The van der Waals surface area contributed by atoms with Crippen molar-refractivity contribution in [1.29, 1.82) is 0 Å². The zero-order valence-electron chi connectivity index (χ0n) is 23.1. The largest absolute Gasteiger partial charge is 0.497 e. The fourth-order valence-electron chi connectivity index (χ4n) is 5.44. The number of methoxy groups -OCH3 is 1. The van der Waals surface area contributed by atoms with Crippen molar-refractivity contribution in [2.24, 2.45) is 5.92 Å². The molecule has 204 valence electrons. The van der Waals surface area contributed by atoms with Gasteiger partial charge in [0.15, 0.2) is 0 Å². The molecule has 7 heteroatoms. The molecule has 7 nitrogen and oxygen atoms in total. The lowest BCUT2D eigenvalue weighted by Gasteiger charge is -2.36. The molecule has 1 saturated carbocycles. The van der Waals surface area contributed by atoms with Crippen LogP contribution in [0.5, 0.6) is 5.75 Å². The SMILES string of the molecule is COc1ccc(C(=O)N[C@@H]2CCCC[C@H]2NC(=O)C2CCCN(C(=O)c3ccc(C(C)(C)C)cc3)C2)cc1. The van der Waals surface area contributed by atoms with Gasteiger partial charge in [0, 0.05) is 36.3 Å². The van der Waals surface area contributed by atoms with E-state index < -0.39 is 0 Å². The molecule has 1 heterocycles. The van der Waals surface area contributed by atoms with Gasteiger partial charge in [-0.25, -0.2) is 0 Å². The van der Waals surface area contributed by atoms with E-state index in [1.165, 1.54) is 5.56 Å². The average Bonchev–Trinajstić information content (AvgIpc) is 2.93. The highest BCUT2D eigenvalue weighted by atomic mass is 16.5. The van der Waals surface area contributed by atoms with Crippen LogP contribution in [0.25, 0.3) is 0 Å². The molecule has 2 aromatic rings. The maximum Gasteiger partial charge on any atom is 0.253 e. The Labute approximate surface area is 226 Å². The van der Waals surface area contributed by atoms with Crippen molar-refractivity contribution in [3.05, 3.63) is 65.2 Å². The number of nitrogens with one attached hydrogen (secondary N) is 2. The second-order valence-corrected chi connectivity index (χ2v) is 11.6. The minimum atomic E-state index is -0.249. The van der Waals surface area contributed by atoms with E-state index in [1.54, 1.807) is 31.4 Å². The zero-order valence-corrected chi connectivity index (χ0v) is 23.1. The van der Waals surface area contributed by atoms with E-state index in [1.807, 2.05) is 29.2 Å². The minimum absolute atomic E-state index is 0.0229. The predicted octanol–water partition coefficient (Wildman–Crippen LogP) is 4.70. The predicted molar refractivity (Wildman–Crippen MR) is 148 cm³/mol. The highest BCUT2D eigenvalue weighted by Gasteiger charge is 2.33. The van der Waals surface area contributed by atoms with E-state index in [0.29, 0.717) is 30.0 Å². The lowest BCUT2D eigenvalue weighted by atomic mass is 9.86. The highest BCUT2D eigenvalue weighted by molar-refractivity contribution is 5.95. The Morgan fingerprint density at radius 1 is 0.816 bits per heavy atom. The third-order valence-corrected chi connectivity index (χ3v) is 7.84. The van der Waals surface area contributed by atoms with Crippen LogP contribution in [0.2, 0.25) is 0 Å². The third kappa shape index (κ3) is 6.74. The summed E-state index contributed by atoms with van der Waals surface area (Å²) in [6, 6.07) is 14.6. The molecule has 38 heavy (non-hydrogen) atoms. The Morgan fingerprint density at radius 3 is 2.03 bits per heavy atom. The molecular weight excluding hydrogens is 478 g/mol. The lowest BCUT2D eigenvalue weighted by Crippen LogP contribution is -2.55. The van der Waals surface area contributed by atoms with Crippen molar-refractivity contribution in [3.8, 4) is 5.75 Å². The summed E-state index contributed by atoms with van der Waals surface area (Å²) in [5.41, 5.74) is 2.44. The number of benzene rings is 2. The third-order valence-electron chi connectivity index (χ3n) is 7.84. The maximum atomic E-state index is 13.3. The number of rotatable bonds is 6. The van der Waals surface area contributed by atoms with Crippen molar-refractivity contribution >= 4 is 17.7 Å². The van der Waals surface area contributed by atoms with Crippen LogP contribution in [0.1, 0.15) is 85.6 Å². The van der Waals surface area contributed by atoms with Gasteiger partial charge in [0.1, 0.15) is 5.75 Å². The van der Waals surface area contributed by atoms with Gasteiger partial charge in [0.05, 0.1) is 13.0 Å². The smallest absolute Gasteiger partial charge is 0.253 e. The summed E-state index contributed by atoms with van der Waals surface area (Å²) < 4.78 is 5.18. The Kier molecular flexibility index (Phi) is 8.75. The molecule has 1 unspecified atom stereocenters. The molecule has 3 amide bonds. The van der Waals surface area contributed by atoms with Crippen molar-refractivity contribution in [2.45, 2.75) is 76.8 Å². The Hall–Kier alpha value is -3.35. The second kappa shape index (κ2) is 12.0. The molecule has 1 saturated heterocycles. The van der Waals surface area contributed by atoms with Gasteiger partial charge in [-0.2, -0.15) is 0 Å². The number of hydrogen-bond acceptors (Lipinski definition) is 4. The standard InChI is InChI=1S/C31H41N3O4/c1-31(2,3)24-15-11-22(12-16-24)30(37)34-19-7-8-23(20-34)29(36)33-27-10-6-5-9-26(27)32-28(35)21-13-17-25(38-4)18-14-21/h11-18,23,26-27H,5-10,19-20H2,1-4H3,(H,32,35)(H,33,36)/t23?,26-,27-/m1/s1. The number of carbonyl (C=O) groups is 3. The number of ether oxygens (including phenoxy) is 1. The molecule has 4 rings (SSSR count). The van der Waals surface area contributed by atoms with E-state index in [9.17, 15) is 14.4 Å². The molecule has 2 aromatic carbocycles. The lowest BCUT2D eigenvalue weighted by molar-refractivity contribution is -0.127. The quantitative estimate of drug-likeness (QED) is 0.579. The average molecular weight is 520 g/mol. The molecule has 2 aliphatic rings. The highest BCUT2D eigenvalue weighted by Crippen LogP contribution is 2.25. The Balaban J connectivity index is 1.35. The van der Waals surface area contributed by atoms with Crippen LogP contribution < -0.4 is 15.4 Å². The number of amides is 3.